The molecule has 2 nitrogen and oxygen atoms in total. The second kappa shape index (κ2) is 8.81. The lowest BCUT2D eigenvalue weighted by Crippen LogP contribution is -1.91. The van der Waals surface area contributed by atoms with Crippen molar-refractivity contribution in [2.24, 2.45) is 0 Å². The summed E-state index contributed by atoms with van der Waals surface area (Å²) in [6.07, 6.45) is 3.95. The van der Waals surface area contributed by atoms with Crippen LogP contribution in [0.3, 0.4) is 0 Å². The number of hydrogen-bond acceptors (Lipinski definition) is 2. The van der Waals surface area contributed by atoms with Crippen LogP contribution in [0.4, 0.5) is 0 Å². The fraction of sp³-hybridized carbons (Fsp3) is 0.176. The monoisotopic (exact) mass is 256 g/mol. The molecule has 19 heavy (non-hydrogen) atoms. The quantitative estimate of drug-likeness (QED) is 0.828. The zero-order chi connectivity index (χ0) is 13.9. The summed E-state index contributed by atoms with van der Waals surface area (Å²) in [5, 5.41) is 8.81. The minimum Gasteiger partial charge on any atom is -0.508 e. The van der Waals surface area contributed by atoms with E-state index in [0.29, 0.717) is 12.4 Å². The van der Waals surface area contributed by atoms with Crippen molar-refractivity contribution in [3.05, 3.63) is 72.3 Å². The van der Waals surface area contributed by atoms with Crippen LogP contribution in [0.25, 0.3) is 0 Å². The molecular formula is C17H20O2. The summed E-state index contributed by atoms with van der Waals surface area (Å²) in [6.45, 7) is 4.58. The van der Waals surface area contributed by atoms with E-state index in [1.807, 2.05) is 68.5 Å². The van der Waals surface area contributed by atoms with Gasteiger partial charge in [-0.25, -0.2) is 0 Å². The molecule has 0 saturated heterocycles. The van der Waals surface area contributed by atoms with Crippen LogP contribution in [0.2, 0.25) is 0 Å². The Morgan fingerprint density at radius 3 is 2.32 bits per heavy atom. The summed E-state index contributed by atoms with van der Waals surface area (Å²) in [6, 6.07) is 16.9. The van der Waals surface area contributed by atoms with E-state index in [1.165, 1.54) is 0 Å². The maximum atomic E-state index is 8.81. The number of para-hydroxylation sites is 1. The summed E-state index contributed by atoms with van der Waals surface area (Å²) in [5.41, 5.74) is 1.09. The summed E-state index contributed by atoms with van der Waals surface area (Å²) in [5.74, 6) is 1.26. The summed E-state index contributed by atoms with van der Waals surface area (Å²) in [7, 11) is 0. The Morgan fingerprint density at radius 2 is 1.79 bits per heavy atom. The van der Waals surface area contributed by atoms with Crippen molar-refractivity contribution in [1.82, 2.24) is 0 Å². The summed E-state index contributed by atoms with van der Waals surface area (Å²) < 4.78 is 5.36. The lowest BCUT2D eigenvalue weighted by Gasteiger charge is -2.00. The second-order valence-electron chi connectivity index (χ2n) is 4.03. The Bertz CT molecular complexity index is 472. The Balaban J connectivity index is 0.000000200. The normalized spacial score (nSPS) is 9.79. The van der Waals surface area contributed by atoms with Gasteiger partial charge in [0.1, 0.15) is 18.1 Å². The van der Waals surface area contributed by atoms with Crippen LogP contribution >= 0.6 is 0 Å². The molecule has 0 aliphatic rings. The highest BCUT2D eigenvalue weighted by atomic mass is 16.5. The molecular weight excluding hydrogens is 236 g/mol. The molecule has 2 aromatic rings. The zero-order valence-electron chi connectivity index (χ0n) is 11.4. The van der Waals surface area contributed by atoms with Crippen LogP contribution in [0.15, 0.2) is 66.7 Å². The van der Waals surface area contributed by atoms with E-state index >= 15 is 0 Å². The predicted molar refractivity (Wildman–Crippen MR) is 79.6 cm³/mol. The first-order valence-corrected chi connectivity index (χ1v) is 6.27. The number of aryl methyl sites for hydroxylation is 1. The minimum absolute atomic E-state index is 0.338. The van der Waals surface area contributed by atoms with Gasteiger partial charge < -0.3 is 9.84 Å². The zero-order valence-corrected chi connectivity index (χ0v) is 11.4. The maximum Gasteiger partial charge on any atom is 0.119 e. The van der Waals surface area contributed by atoms with Gasteiger partial charge in [0.05, 0.1) is 0 Å². The van der Waals surface area contributed by atoms with Gasteiger partial charge in [0, 0.05) is 0 Å². The number of allylic oxidation sites excluding steroid dienone is 1. The van der Waals surface area contributed by atoms with Crippen molar-refractivity contribution in [1.29, 1.82) is 0 Å². The predicted octanol–water partition coefficient (Wildman–Crippen LogP) is 4.34. The van der Waals surface area contributed by atoms with Crippen molar-refractivity contribution < 1.29 is 9.84 Å². The molecule has 0 saturated carbocycles. The third kappa shape index (κ3) is 6.94. The average Bonchev–Trinajstić information content (AvgIpc) is 2.41. The number of phenols is 1. The van der Waals surface area contributed by atoms with Gasteiger partial charge in [0.2, 0.25) is 0 Å². The molecule has 0 amide bonds. The van der Waals surface area contributed by atoms with E-state index in [1.54, 1.807) is 12.1 Å². The van der Waals surface area contributed by atoms with Gasteiger partial charge in [-0.15, -0.1) is 0 Å². The number of aromatic hydroxyl groups is 1. The fourth-order valence-electron chi connectivity index (χ4n) is 1.39. The minimum atomic E-state index is 0.338. The van der Waals surface area contributed by atoms with Gasteiger partial charge >= 0.3 is 0 Å². The number of ether oxygens (including phenoxy) is 1. The van der Waals surface area contributed by atoms with Crippen molar-refractivity contribution in [3.63, 3.8) is 0 Å². The van der Waals surface area contributed by atoms with Crippen LogP contribution in [-0.2, 0) is 0 Å². The molecule has 0 aliphatic carbocycles. The van der Waals surface area contributed by atoms with Gasteiger partial charge in [-0.05, 0) is 43.7 Å². The highest BCUT2D eigenvalue weighted by Crippen LogP contribution is 2.08. The van der Waals surface area contributed by atoms with Gasteiger partial charge in [0.15, 0.2) is 0 Å². The first-order chi connectivity index (χ1) is 9.22. The highest BCUT2D eigenvalue weighted by Gasteiger charge is 1.85. The molecule has 1 N–H and O–H groups in total. The lowest BCUT2D eigenvalue weighted by molar-refractivity contribution is 0.363. The number of rotatable bonds is 3. The molecule has 2 rings (SSSR count). The van der Waals surface area contributed by atoms with E-state index in [2.05, 4.69) is 0 Å². The molecule has 0 bridgehead atoms. The maximum absolute atomic E-state index is 8.81. The molecule has 0 atom stereocenters. The highest BCUT2D eigenvalue weighted by molar-refractivity contribution is 5.25. The molecule has 0 unspecified atom stereocenters. The van der Waals surface area contributed by atoms with Crippen LogP contribution in [-0.4, -0.2) is 11.7 Å². The summed E-state index contributed by atoms with van der Waals surface area (Å²) >= 11 is 0. The Hall–Kier alpha value is -2.22. The largest absolute Gasteiger partial charge is 0.508 e. The molecule has 0 aromatic heterocycles. The van der Waals surface area contributed by atoms with E-state index in [-0.39, 0.29) is 0 Å². The smallest absolute Gasteiger partial charge is 0.119 e. The van der Waals surface area contributed by atoms with E-state index in [4.69, 9.17) is 9.84 Å². The van der Waals surface area contributed by atoms with E-state index in [9.17, 15) is 0 Å². The van der Waals surface area contributed by atoms with Gasteiger partial charge in [-0.1, -0.05) is 42.5 Å². The molecule has 100 valence electrons. The Morgan fingerprint density at radius 1 is 1.05 bits per heavy atom. The van der Waals surface area contributed by atoms with E-state index in [0.717, 1.165) is 11.3 Å². The molecule has 2 heteroatoms. The van der Waals surface area contributed by atoms with Gasteiger partial charge in [-0.2, -0.15) is 0 Å². The van der Waals surface area contributed by atoms with Crippen LogP contribution in [0, 0.1) is 6.92 Å². The third-order valence-electron chi connectivity index (χ3n) is 2.33. The van der Waals surface area contributed by atoms with Crippen molar-refractivity contribution in [2.45, 2.75) is 13.8 Å². The Labute approximate surface area is 115 Å². The Kier molecular flexibility index (Phi) is 6.88. The summed E-state index contributed by atoms with van der Waals surface area (Å²) in [4.78, 5) is 0. The first kappa shape index (κ1) is 14.8. The molecule has 0 heterocycles. The standard InChI is InChI=1S/C10H12O.C7H8O/c1-2-3-9-11-10-7-5-4-6-8-10;1-6-3-2-4-7(8)5-6/h2-8H,9H2,1H3;2-5,8H,1H3/b3-2+;. The second-order valence-corrected chi connectivity index (χ2v) is 4.03. The average molecular weight is 256 g/mol. The number of benzene rings is 2. The van der Waals surface area contributed by atoms with Crippen LogP contribution in [0.5, 0.6) is 11.5 Å². The van der Waals surface area contributed by atoms with Crippen molar-refractivity contribution in [2.75, 3.05) is 6.61 Å². The van der Waals surface area contributed by atoms with Gasteiger partial charge in [-0.3, -0.25) is 0 Å². The lowest BCUT2D eigenvalue weighted by atomic mass is 10.2. The third-order valence-corrected chi connectivity index (χ3v) is 2.33. The fourth-order valence-corrected chi connectivity index (χ4v) is 1.39. The van der Waals surface area contributed by atoms with E-state index < -0.39 is 0 Å². The first-order valence-electron chi connectivity index (χ1n) is 6.27. The molecule has 0 fully saturated rings. The molecule has 0 radical (unpaired) electrons. The van der Waals surface area contributed by atoms with Crippen LogP contribution < -0.4 is 4.74 Å². The molecule has 0 spiro atoms. The molecule has 0 aliphatic heterocycles. The van der Waals surface area contributed by atoms with Crippen LogP contribution in [0.1, 0.15) is 12.5 Å². The SMILES string of the molecule is C/C=C/COc1ccccc1.Cc1cccc(O)c1. The topological polar surface area (TPSA) is 29.5 Å². The number of phenolic OH excluding ortho intramolecular Hbond substituents is 1. The van der Waals surface area contributed by atoms with Crippen molar-refractivity contribution in [3.8, 4) is 11.5 Å². The van der Waals surface area contributed by atoms with Gasteiger partial charge in [0.25, 0.3) is 0 Å². The number of hydrogen-bond donors (Lipinski definition) is 1. The van der Waals surface area contributed by atoms with Crippen molar-refractivity contribution >= 4 is 0 Å². The molecule has 2 aromatic carbocycles.